The summed E-state index contributed by atoms with van der Waals surface area (Å²) in [7, 11) is 0. The Bertz CT molecular complexity index is 692. The monoisotopic (exact) mass is 280 g/mol. The van der Waals surface area contributed by atoms with Crippen molar-refractivity contribution in [2.45, 2.75) is 26.8 Å². The lowest BCUT2D eigenvalue weighted by molar-refractivity contribution is 0.102. The SMILES string of the molecule is Cc1cccc(C(=O)Nc2ccc3c(c2)CNCC3)c1C. The second-order valence-corrected chi connectivity index (χ2v) is 5.61. The molecule has 3 nitrogen and oxygen atoms in total. The first kappa shape index (κ1) is 13.8. The lowest BCUT2D eigenvalue weighted by Gasteiger charge is -2.18. The Balaban J connectivity index is 1.83. The number of hydrogen-bond donors (Lipinski definition) is 2. The molecule has 1 aliphatic heterocycles. The predicted octanol–water partition coefficient (Wildman–Crippen LogP) is 3.20. The van der Waals surface area contributed by atoms with Crippen molar-refractivity contribution in [2.75, 3.05) is 11.9 Å². The van der Waals surface area contributed by atoms with Crippen LogP contribution in [0.4, 0.5) is 5.69 Å². The zero-order chi connectivity index (χ0) is 14.8. The highest BCUT2D eigenvalue weighted by atomic mass is 16.1. The molecule has 1 amide bonds. The third-order valence-corrected chi connectivity index (χ3v) is 4.20. The van der Waals surface area contributed by atoms with Crippen molar-refractivity contribution in [3.63, 3.8) is 0 Å². The molecule has 0 saturated carbocycles. The van der Waals surface area contributed by atoms with E-state index in [2.05, 4.69) is 22.8 Å². The van der Waals surface area contributed by atoms with Gasteiger partial charge in [-0.05, 0) is 67.3 Å². The van der Waals surface area contributed by atoms with E-state index >= 15 is 0 Å². The number of fused-ring (bicyclic) bond motifs is 1. The average Bonchev–Trinajstić information content (AvgIpc) is 2.50. The maximum absolute atomic E-state index is 12.4. The van der Waals surface area contributed by atoms with Crippen molar-refractivity contribution < 1.29 is 4.79 Å². The molecule has 0 aliphatic carbocycles. The summed E-state index contributed by atoms with van der Waals surface area (Å²) in [4.78, 5) is 12.4. The van der Waals surface area contributed by atoms with Crippen LogP contribution in [0.5, 0.6) is 0 Å². The van der Waals surface area contributed by atoms with Crippen LogP contribution in [0.2, 0.25) is 0 Å². The summed E-state index contributed by atoms with van der Waals surface area (Å²) >= 11 is 0. The van der Waals surface area contributed by atoms with E-state index in [4.69, 9.17) is 0 Å². The molecular formula is C18H20N2O. The number of hydrogen-bond acceptors (Lipinski definition) is 2. The summed E-state index contributed by atoms with van der Waals surface area (Å²) in [6.45, 7) is 5.92. The standard InChI is InChI=1S/C18H20N2O/c1-12-4-3-5-17(13(12)2)18(21)20-16-7-6-14-8-9-19-11-15(14)10-16/h3-7,10,19H,8-9,11H2,1-2H3,(H,20,21). The molecule has 2 aromatic rings. The first-order valence-electron chi connectivity index (χ1n) is 7.35. The zero-order valence-corrected chi connectivity index (χ0v) is 12.5. The quantitative estimate of drug-likeness (QED) is 0.887. The van der Waals surface area contributed by atoms with Gasteiger partial charge in [-0.1, -0.05) is 18.2 Å². The van der Waals surface area contributed by atoms with E-state index in [1.165, 1.54) is 11.1 Å². The molecule has 0 fully saturated rings. The first-order chi connectivity index (χ1) is 10.1. The van der Waals surface area contributed by atoms with E-state index in [0.717, 1.165) is 41.9 Å². The van der Waals surface area contributed by atoms with Gasteiger partial charge >= 0.3 is 0 Å². The number of anilines is 1. The van der Waals surface area contributed by atoms with Crippen molar-refractivity contribution in [1.82, 2.24) is 5.32 Å². The topological polar surface area (TPSA) is 41.1 Å². The lowest BCUT2D eigenvalue weighted by Crippen LogP contribution is -2.23. The van der Waals surface area contributed by atoms with Crippen LogP contribution in [0.15, 0.2) is 36.4 Å². The molecule has 2 N–H and O–H groups in total. The fourth-order valence-corrected chi connectivity index (χ4v) is 2.75. The van der Waals surface area contributed by atoms with Crippen LogP contribution >= 0.6 is 0 Å². The van der Waals surface area contributed by atoms with Crippen molar-refractivity contribution in [3.05, 3.63) is 64.2 Å². The van der Waals surface area contributed by atoms with E-state index < -0.39 is 0 Å². The molecule has 0 atom stereocenters. The van der Waals surface area contributed by atoms with Gasteiger partial charge in [0, 0.05) is 17.8 Å². The molecule has 1 aliphatic rings. The molecule has 1 heterocycles. The van der Waals surface area contributed by atoms with Crippen LogP contribution in [-0.2, 0) is 13.0 Å². The second kappa shape index (κ2) is 5.70. The van der Waals surface area contributed by atoms with E-state index in [-0.39, 0.29) is 5.91 Å². The van der Waals surface area contributed by atoms with E-state index in [1.807, 2.05) is 38.1 Å². The third-order valence-electron chi connectivity index (χ3n) is 4.20. The van der Waals surface area contributed by atoms with Crippen LogP contribution in [0.25, 0.3) is 0 Å². The van der Waals surface area contributed by atoms with E-state index in [9.17, 15) is 4.79 Å². The minimum absolute atomic E-state index is 0.0417. The van der Waals surface area contributed by atoms with E-state index in [1.54, 1.807) is 0 Å². The average molecular weight is 280 g/mol. The summed E-state index contributed by atoms with van der Waals surface area (Å²) in [6, 6.07) is 12.0. The van der Waals surface area contributed by atoms with Gasteiger partial charge < -0.3 is 10.6 Å². The fraction of sp³-hybridized carbons (Fsp3) is 0.278. The summed E-state index contributed by atoms with van der Waals surface area (Å²) in [5.41, 5.74) is 6.43. The van der Waals surface area contributed by atoms with Gasteiger partial charge in [0.05, 0.1) is 0 Å². The van der Waals surface area contributed by atoms with Crippen LogP contribution in [0, 0.1) is 13.8 Å². The Hall–Kier alpha value is -2.13. The number of nitrogens with one attached hydrogen (secondary N) is 2. The van der Waals surface area contributed by atoms with Gasteiger partial charge in [0.2, 0.25) is 0 Å². The van der Waals surface area contributed by atoms with Crippen molar-refractivity contribution in [3.8, 4) is 0 Å². The maximum Gasteiger partial charge on any atom is 0.255 e. The summed E-state index contributed by atoms with van der Waals surface area (Å²) in [5.74, 6) is -0.0417. The highest BCUT2D eigenvalue weighted by Gasteiger charge is 2.13. The predicted molar refractivity (Wildman–Crippen MR) is 85.7 cm³/mol. The van der Waals surface area contributed by atoms with Gasteiger partial charge in [0.25, 0.3) is 5.91 Å². The van der Waals surface area contributed by atoms with Gasteiger partial charge in [-0.3, -0.25) is 4.79 Å². The molecule has 2 aromatic carbocycles. The van der Waals surface area contributed by atoms with Crippen molar-refractivity contribution >= 4 is 11.6 Å². The Labute approximate surface area is 125 Å². The first-order valence-corrected chi connectivity index (χ1v) is 7.35. The van der Waals surface area contributed by atoms with Crippen LogP contribution < -0.4 is 10.6 Å². The second-order valence-electron chi connectivity index (χ2n) is 5.61. The normalized spacial score (nSPS) is 13.6. The highest BCUT2D eigenvalue weighted by molar-refractivity contribution is 6.05. The van der Waals surface area contributed by atoms with Crippen LogP contribution in [-0.4, -0.2) is 12.5 Å². The minimum Gasteiger partial charge on any atom is -0.322 e. The Morgan fingerprint density at radius 1 is 1.14 bits per heavy atom. The van der Waals surface area contributed by atoms with Gasteiger partial charge in [-0.25, -0.2) is 0 Å². The summed E-state index contributed by atoms with van der Waals surface area (Å²) in [5, 5.41) is 6.37. The molecule has 108 valence electrons. The molecule has 21 heavy (non-hydrogen) atoms. The maximum atomic E-state index is 12.4. The fourth-order valence-electron chi connectivity index (χ4n) is 2.75. The number of rotatable bonds is 2. The molecular weight excluding hydrogens is 260 g/mol. The minimum atomic E-state index is -0.0417. The molecule has 0 saturated heterocycles. The van der Waals surface area contributed by atoms with Gasteiger partial charge in [-0.15, -0.1) is 0 Å². The zero-order valence-electron chi connectivity index (χ0n) is 12.5. The summed E-state index contributed by atoms with van der Waals surface area (Å²) in [6.07, 6.45) is 1.06. The Morgan fingerprint density at radius 3 is 2.86 bits per heavy atom. The van der Waals surface area contributed by atoms with Crippen molar-refractivity contribution in [1.29, 1.82) is 0 Å². The molecule has 0 bridgehead atoms. The Morgan fingerprint density at radius 2 is 2.00 bits per heavy atom. The van der Waals surface area contributed by atoms with Gasteiger partial charge in [0.15, 0.2) is 0 Å². The summed E-state index contributed by atoms with van der Waals surface area (Å²) < 4.78 is 0. The number of carbonyl (C=O) groups is 1. The smallest absolute Gasteiger partial charge is 0.255 e. The molecule has 3 rings (SSSR count). The highest BCUT2D eigenvalue weighted by Crippen LogP contribution is 2.20. The largest absolute Gasteiger partial charge is 0.322 e. The van der Waals surface area contributed by atoms with Crippen molar-refractivity contribution in [2.24, 2.45) is 0 Å². The van der Waals surface area contributed by atoms with Gasteiger partial charge in [-0.2, -0.15) is 0 Å². The number of carbonyl (C=O) groups excluding carboxylic acids is 1. The van der Waals surface area contributed by atoms with Crippen LogP contribution in [0.1, 0.15) is 32.6 Å². The number of amides is 1. The van der Waals surface area contributed by atoms with Crippen LogP contribution in [0.3, 0.4) is 0 Å². The molecule has 0 spiro atoms. The molecule has 0 radical (unpaired) electrons. The molecule has 0 aromatic heterocycles. The number of benzene rings is 2. The third kappa shape index (κ3) is 2.83. The Kier molecular flexibility index (Phi) is 3.76. The number of aryl methyl sites for hydroxylation is 1. The lowest BCUT2D eigenvalue weighted by atomic mass is 10.00. The van der Waals surface area contributed by atoms with Gasteiger partial charge in [0.1, 0.15) is 0 Å². The molecule has 0 unspecified atom stereocenters. The van der Waals surface area contributed by atoms with E-state index in [0.29, 0.717) is 0 Å². The molecule has 3 heteroatoms.